The van der Waals surface area contributed by atoms with Gasteiger partial charge in [-0.3, -0.25) is 14.5 Å². The predicted octanol–water partition coefficient (Wildman–Crippen LogP) is 2.08. The molecule has 4 amide bonds. The van der Waals surface area contributed by atoms with Gasteiger partial charge in [-0.1, -0.05) is 60.2 Å². The van der Waals surface area contributed by atoms with E-state index in [-0.39, 0.29) is 12.5 Å². The van der Waals surface area contributed by atoms with Crippen LogP contribution in [0.25, 0.3) is 0 Å². The molecule has 0 saturated carbocycles. The molecule has 1 aliphatic heterocycles. The molecule has 6 nitrogen and oxygen atoms in total. The summed E-state index contributed by atoms with van der Waals surface area (Å²) in [6.07, 6.45) is 0. The van der Waals surface area contributed by atoms with Gasteiger partial charge in [0, 0.05) is 6.54 Å². The molecular formula is C20H21N3O3. The van der Waals surface area contributed by atoms with Crippen LogP contribution in [0.5, 0.6) is 0 Å². The Bertz CT molecular complexity index is 833. The van der Waals surface area contributed by atoms with E-state index in [0.29, 0.717) is 12.1 Å². The van der Waals surface area contributed by atoms with Crippen LogP contribution in [0.4, 0.5) is 4.79 Å². The molecule has 1 fully saturated rings. The number of nitrogens with zero attached hydrogens (tertiary/aromatic N) is 1. The zero-order valence-corrected chi connectivity index (χ0v) is 14.8. The van der Waals surface area contributed by atoms with Crippen LogP contribution in [0.15, 0.2) is 54.6 Å². The third-order valence-corrected chi connectivity index (χ3v) is 4.54. The van der Waals surface area contributed by atoms with Crippen LogP contribution < -0.4 is 10.6 Å². The van der Waals surface area contributed by atoms with Crippen LogP contribution in [0, 0.1) is 6.92 Å². The average molecular weight is 351 g/mol. The van der Waals surface area contributed by atoms with Gasteiger partial charge in [-0.25, -0.2) is 4.79 Å². The normalized spacial score (nSPS) is 19.4. The van der Waals surface area contributed by atoms with Crippen molar-refractivity contribution in [1.29, 1.82) is 0 Å². The second-order valence-corrected chi connectivity index (χ2v) is 6.57. The smallest absolute Gasteiger partial charge is 0.325 e. The van der Waals surface area contributed by atoms with E-state index >= 15 is 0 Å². The van der Waals surface area contributed by atoms with Gasteiger partial charge in [-0.15, -0.1) is 0 Å². The number of carbonyl (C=O) groups is 3. The Balaban J connectivity index is 1.67. The van der Waals surface area contributed by atoms with Gasteiger partial charge in [0.05, 0.1) is 0 Å². The van der Waals surface area contributed by atoms with Crippen molar-refractivity contribution in [2.24, 2.45) is 0 Å². The first-order valence-electron chi connectivity index (χ1n) is 8.42. The fourth-order valence-corrected chi connectivity index (χ4v) is 2.92. The quantitative estimate of drug-likeness (QED) is 0.810. The second kappa shape index (κ2) is 7.00. The Morgan fingerprint density at radius 1 is 1.08 bits per heavy atom. The standard InChI is InChI=1S/C20H21N3O3/c1-14-8-10-16(11-9-14)20(2)18(25)23(19(26)22-20)13-17(24)21-12-15-6-4-3-5-7-15/h3-11H,12-13H2,1-2H3,(H,21,24)(H,22,26)/t20-/m1/s1. The molecule has 1 saturated heterocycles. The van der Waals surface area contributed by atoms with E-state index in [1.54, 1.807) is 6.92 Å². The maximum atomic E-state index is 12.8. The van der Waals surface area contributed by atoms with Crippen LogP contribution in [0.3, 0.4) is 0 Å². The zero-order chi connectivity index (χ0) is 18.7. The molecule has 1 aliphatic rings. The highest BCUT2D eigenvalue weighted by Crippen LogP contribution is 2.28. The van der Waals surface area contributed by atoms with E-state index in [4.69, 9.17) is 0 Å². The summed E-state index contributed by atoms with van der Waals surface area (Å²) in [4.78, 5) is 38.2. The Morgan fingerprint density at radius 3 is 2.38 bits per heavy atom. The first-order valence-corrected chi connectivity index (χ1v) is 8.42. The summed E-state index contributed by atoms with van der Waals surface area (Å²) in [5.41, 5.74) is 1.53. The lowest BCUT2D eigenvalue weighted by Crippen LogP contribution is -2.43. The number of nitrogens with one attached hydrogen (secondary N) is 2. The second-order valence-electron chi connectivity index (χ2n) is 6.57. The molecule has 0 unspecified atom stereocenters. The molecule has 2 N–H and O–H groups in total. The molecule has 26 heavy (non-hydrogen) atoms. The number of imide groups is 1. The van der Waals surface area contributed by atoms with Gasteiger partial charge >= 0.3 is 6.03 Å². The van der Waals surface area contributed by atoms with Crippen molar-refractivity contribution >= 4 is 17.8 Å². The Labute approximate surface area is 152 Å². The topological polar surface area (TPSA) is 78.5 Å². The fraction of sp³-hybridized carbons (Fsp3) is 0.250. The molecule has 6 heteroatoms. The molecule has 1 atom stereocenters. The van der Waals surface area contributed by atoms with Crippen molar-refractivity contribution in [2.45, 2.75) is 25.9 Å². The van der Waals surface area contributed by atoms with Crippen molar-refractivity contribution in [2.75, 3.05) is 6.54 Å². The number of benzene rings is 2. The summed E-state index contributed by atoms with van der Waals surface area (Å²) in [5, 5.41) is 5.43. The number of amides is 4. The molecule has 0 radical (unpaired) electrons. The first-order chi connectivity index (χ1) is 12.4. The molecule has 134 valence electrons. The molecule has 1 heterocycles. The van der Waals surface area contributed by atoms with Gasteiger partial charge in [-0.05, 0) is 25.0 Å². The van der Waals surface area contributed by atoms with E-state index in [1.807, 2.05) is 61.5 Å². The van der Waals surface area contributed by atoms with E-state index in [2.05, 4.69) is 10.6 Å². The van der Waals surface area contributed by atoms with Crippen LogP contribution in [0.1, 0.15) is 23.6 Å². The lowest BCUT2D eigenvalue weighted by molar-refractivity contribution is -0.134. The summed E-state index contributed by atoms with van der Waals surface area (Å²) >= 11 is 0. The number of hydrogen-bond donors (Lipinski definition) is 2. The summed E-state index contributed by atoms with van der Waals surface area (Å²) in [6.45, 7) is 3.64. The number of urea groups is 1. The maximum Gasteiger partial charge on any atom is 0.325 e. The number of hydrogen-bond acceptors (Lipinski definition) is 3. The number of aryl methyl sites for hydroxylation is 1. The average Bonchev–Trinajstić information content (AvgIpc) is 2.85. The van der Waals surface area contributed by atoms with E-state index in [9.17, 15) is 14.4 Å². The van der Waals surface area contributed by atoms with Gasteiger partial charge in [-0.2, -0.15) is 0 Å². The number of rotatable bonds is 5. The van der Waals surface area contributed by atoms with Gasteiger partial charge in [0.1, 0.15) is 12.1 Å². The minimum Gasteiger partial charge on any atom is -0.350 e. The van der Waals surface area contributed by atoms with Gasteiger partial charge in [0.25, 0.3) is 5.91 Å². The molecule has 2 aromatic carbocycles. The molecule has 2 aromatic rings. The Hall–Kier alpha value is -3.15. The first kappa shape index (κ1) is 17.7. The van der Waals surface area contributed by atoms with Crippen LogP contribution in [-0.2, 0) is 21.7 Å². The highest BCUT2D eigenvalue weighted by Gasteiger charge is 2.49. The molecule has 0 aromatic heterocycles. The number of carbonyl (C=O) groups excluding carboxylic acids is 3. The van der Waals surface area contributed by atoms with E-state index in [1.165, 1.54) is 0 Å². The van der Waals surface area contributed by atoms with Gasteiger partial charge in [0.2, 0.25) is 5.91 Å². The van der Waals surface area contributed by atoms with Crippen molar-refractivity contribution < 1.29 is 14.4 Å². The van der Waals surface area contributed by atoms with Crippen molar-refractivity contribution in [3.63, 3.8) is 0 Å². The molecule has 3 rings (SSSR count). The SMILES string of the molecule is Cc1ccc([C@@]2(C)NC(=O)N(CC(=O)NCc3ccccc3)C2=O)cc1. The summed E-state index contributed by atoms with van der Waals surface area (Å²) < 4.78 is 0. The van der Waals surface area contributed by atoms with E-state index < -0.39 is 17.5 Å². The lowest BCUT2D eigenvalue weighted by atomic mass is 9.91. The molecule has 0 aliphatic carbocycles. The van der Waals surface area contributed by atoms with Crippen LogP contribution in [-0.4, -0.2) is 29.3 Å². The molecule has 0 spiro atoms. The van der Waals surface area contributed by atoms with Crippen LogP contribution >= 0.6 is 0 Å². The van der Waals surface area contributed by atoms with E-state index in [0.717, 1.165) is 16.0 Å². The summed E-state index contributed by atoms with van der Waals surface area (Å²) in [5.74, 6) is -0.813. The van der Waals surface area contributed by atoms with Crippen molar-refractivity contribution in [1.82, 2.24) is 15.5 Å². The van der Waals surface area contributed by atoms with Crippen molar-refractivity contribution in [3.05, 3.63) is 71.3 Å². The molecule has 0 bridgehead atoms. The highest BCUT2D eigenvalue weighted by atomic mass is 16.2. The van der Waals surface area contributed by atoms with Crippen LogP contribution in [0.2, 0.25) is 0 Å². The monoisotopic (exact) mass is 351 g/mol. The maximum absolute atomic E-state index is 12.8. The van der Waals surface area contributed by atoms with Crippen molar-refractivity contribution in [3.8, 4) is 0 Å². The highest BCUT2D eigenvalue weighted by molar-refractivity contribution is 6.09. The lowest BCUT2D eigenvalue weighted by Gasteiger charge is -2.22. The largest absolute Gasteiger partial charge is 0.350 e. The summed E-state index contributed by atoms with van der Waals surface area (Å²) in [7, 11) is 0. The zero-order valence-electron chi connectivity index (χ0n) is 14.8. The third kappa shape index (κ3) is 3.44. The minimum atomic E-state index is -1.16. The predicted molar refractivity (Wildman–Crippen MR) is 97.1 cm³/mol. The van der Waals surface area contributed by atoms with Gasteiger partial charge in [0.15, 0.2) is 0 Å². The summed E-state index contributed by atoms with van der Waals surface area (Å²) in [6, 6.07) is 16.3. The Kier molecular flexibility index (Phi) is 4.75. The minimum absolute atomic E-state index is 0.307. The third-order valence-electron chi connectivity index (χ3n) is 4.54. The Morgan fingerprint density at radius 2 is 1.73 bits per heavy atom. The fourth-order valence-electron chi connectivity index (χ4n) is 2.92. The molecular weight excluding hydrogens is 330 g/mol. The van der Waals surface area contributed by atoms with Gasteiger partial charge < -0.3 is 10.6 Å².